The van der Waals surface area contributed by atoms with Gasteiger partial charge in [0.2, 0.25) is 5.82 Å². The molecule has 0 aromatic carbocycles. The maximum atomic E-state index is 5.06. The van der Waals surface area contributed by atoms with E-state index in [0.29, 0.717) is 10.6 Å². The first-order valence-electron chi connectivity index (χ1n) is 4.15. The Bertz CT molecular complexity index is 649. The number of aromatic nitrogens is 7. The fourth-order valence-corrected chi connectivity index (χ4v) is 1.51. The summed E-state index contributed by atoms with van der Waals surface area (Å²) in [4.78, 5) is 0. The van der Waals surface area contributed by atoms with Crippen LogP contribution in [0.2, 0.25) is 0 Å². The topological polar surface area (TPSA) is 87.5 Å². The Morgan fingerprint density at radius 1 is 1.27 bits per heavy atom. The lowest BCUT2D eigenvalue weighted by Crippen LogP contribution is -1.88. The summed E-state index contributed by atoms with van der Waals surface area (Å²) in [5.74, 6) is 0.528. The van der Waals surface area contributed by atoms with E-state index in [1.54, 1.807) is 4.40 Å². The van der Waals surface area contributed by atoms with Crippen molar-refractivity contribution in [1.82, 2.24) is 35.2 Å². The first-order chi connectivity index (χ1) is 7.34. The quantitative estimate of drug-likeness (QED) is 0.584. The molecule has 0 radical (unpaired) electrons. The van der Waals surface area contributed by atoms with E-state index in [4.69, 9.17) is 12.2 Å². The van der Waals surface area contributed by atoms with Crippen LogP contribution in [0.15, 0.2) is 18.3 Å². The molecule has 15 heavy (non-hydrogen) atoms. The van der Waals surface area contributed by atoms with Crippen molar-refractivity contribution in [2.75, 3.05) is 0 Å². The smallest absolute Gasteiger partial charge is 0.206 e. The molecule has 3 rings (SSSR count). The van der Waals surface area contributed by atoms with Gasteiger partial charge < -0.3 is 0 Å². The molecule has 0 unspecified atom stereocenters. The molecule has 74 valence electrons. The van der Waals surface area contributed by atoms with Crippen LogP contribution >= 0.6 is 12.2 Å². The molecule has 0 amide bonds. The summed E-state index contributed by atoms with van der Waals surface area (Å²) in [6.07, 6.45) is 1.81. The molecule has 0 aliphatic carbocycles. The Balaban J connectivity index is 2.30. The van der Waals surface area contributed by atoms with Gasteiger partial charge in [-0.15, -0.1) is 10.2 Å². The predicted molar refractivity (Wildman–Crippen MR) is 53.5 cm³/mol. The minimum atomic E-state index is 0.528. The molecular weight excluding hydrogens is 214 g/mol. The number of pyridine rings is 1. The van der Waals surface area contributed by atoms with Gasteiger partial charge >= 0.3 is 0 Å². The van der Waals surface area contributed by atoms with E-state index in [0.717, 1.165) is 11.2 Å². The van der Waals surface area contributed by atoms with E-state index < -0.39 is 0 Å². The average Bonchev–Trinajstić information content (AvgIpc) is 2.88. The number of rotatable bonds is 1. The molecule has 3 aromatic rings. The van der Waals surface area contributed by atoms with Crippen LogP contribution in [-0.2, 0) is 0 Å². The highest BCUT2D eigenvalue weighted by Gasteiger charge is 2.04. The van der Waals surface area contributed by atoms with Crippen LogP contribution in [0, 0.1) is 4.77 Å². The summed E-state index contributed by atoms with van der Waals surface area (Å²) in [6.45, 7) is 0. The van der Waals surface area contributed by atoms with Gasteiger partial charge in [-0.1, -0.05) is 0 Å². The number of hydrogen-bond donors (Lipinski definition) is 2. The lowest BCUT2D eigenvalue weighted by Gasteiger charge is -1.95. The summed E-state index contributed by atoms with van der Waals surface area (Å²) >= 11 is 5.06. The third-order valence-electron chi connectivity index (χ3n) is 2.02. The standard InChI is InChI=1S/C7H5N7S/c15-7-11-8-5-2-1-4(3-14(5)7)6-9-12-13-10-6/h1-3H,(H,11,15)(H,9,10,12,13). The van der Waals surface area contributed by atoms with Gasteiger partial charge in [0, 0.05) is 11.8 Å². The van der Waals surface area contributed by atoms with Crippen molar-refractivity contribution in [2.45, 2.75) is 0 Å². The molecule has 3 aromatic heterocycles. The molecule has 0 spiro atoms. The zero-order chi connectivity index (χ0) is 10.3. The van der Waals surface area contributed by atoms with Crippen LogP contribution in [0.5, 0.6) is 0 Å². The Kier molecular flexibility index (Phi) is 1.62. The van der Waals surface area contributed by atoms with E-state index in [9.17, 15) is 0 Å². The van der Waals surface area contributed by atoms with Gasteiger partial charge in [0.1, 0.15) is 0 Å². The third kappa shape index (κ3) is 1.22. The van der Waals surface area contributed by atoms with E-state index in [1.807, 2.05) is 18.3 Å². The van der Waals surface area contributed by atoms with Crippen LogP contribution in [0.3, 0.4) is 0 Å². The van der Waals surface area contributed by atoms with E-state index in [-0.39, 0.29) is 0 Å². The zero-order valence-electron chi connectivity index (χ0n) is 7.38. The van der Waals surface area contributed by atoms with Crippen molar-refractivity contribution in [2.24, 2.45) is 0 Å². The SMILES string of the molecule is S=c1[nH]nc2ccc(-c3nn[nH]n3)cn12. The molecule has 0 bridgehead atoms. The van der Waals surface area contributed by atoms with Crippen LogP contribution < -0.4 is 0 Å². The molecule has 0 saturated carbocycles. The van der Waals surface area contributed by atoms with Crippen molar-refractivity contribution in [3.05, 3.63) is 23.1 Å². The van der Waals surface area contributed by atoms with E-state index in [2.05, 4.69) is 30.8 Å². The number of nitrogens with one attached hydrogen (secondary N) is 2. The highest BCUT2D eigenvalue weighted by Crippen LogP contribution is 2.13. The van der Waals surface area contributed by atoms with Crippen molar-refractivity contribution in [3.63, 3.8) is 0 Å². The Morgan fingerprint density at radius 3 is 3.00 bits per heavy atom. The van der Waals surface area contributed by atoms with Crippen LogP contribution in [0.1, 0.15) is 0 Å². The minimum absolute atomic E-state index is 0.528. The molecule has 3 heterocycles. The summed E-state index contributed by atoms with van der Waals surface area (Å²) in [5.41, 5.74) is 1.58. The van der Waals surface area contributed by atoms with Gasteiger partial charge in [0.25, 0.3) is 0 Å². The summed E-state index contributed by atoms with van der Waals surface area (Å²) < 4.78 is 2.29. The van der Waals surface area contributed by atoms with Gasteiger partial charge in [0.05, 0.1) is 0 Å². The monoisotopic (exact) mass is 219 g/mol. The molecule has 0 aliphatic rings. The molecular formula is C7H5N7S. The molecule has 0 aliphatic heterocycles. The van der Waals surface area contributed by atoms with Crippen molar-refractivity contribution < 1.29 is 0 Å². The van der Waals surface area contributed by atoms with Crippen LogP contribution in [0.4, 0.5) is 0 Å². The fourth-order valence-electron chi connectivity index (χ4n) is 1.32. The maximum Gasteiger partial charge on any atom is 0.206 e. The normalized spacial score (nSPS) is 10.9. The predicted octanol–water partition coefficient (Wildman–Crippen LogP) is 0.572. The Morgan fingerprint density at radius 2 is 2.20 bits per heavy atom. The minimum Gasteiger partial charge on any atom is -0.275 e. The fraction of sp³-hybridized carbons (Fsp3) is 0. The molecule has 2 N–H and O–H groups in total. The second-order valence-corrected chi connectivity index (χ2v) is 3.30. The van der Waals surface area contributed by atoms with Gasteiger partial charge in [-0.25, -0.2) is 0 Å². The second kappa shape index (κ2) is 2.95. The van der Waals surface area contributed by atoms with Crippen molar-refractivity contribution in [3.8, 4) is 11.4 Å². The van der Waals surface area contributed by atoms with Crippen molar-refractivity contribution >= 4 is 17.9 Å². The molecule has 0 atom stereocenters. The van der Waals surface area contributed by atoms with Crippen LogP contribution in [0.25, 0.3) is 17.0 Å². The largest absolute Gasteiger partial charge is 0.275 e. The van der Waals surface area contributed by atoms with Gasteiger partial charge in [0.15, 0.2) is 10.4 Å². The summed E-state index contributed by atoms with van der Waals surface area (Å²) in [6, 6.07) is 3.69. The number of hydrogen-bond acceptors (Lipinski definition) is 5. The van der Waals surface area contributed by atoms with E-state index in [1.165, 1.54) is 0 Å². The molecule has 0 fully saturated rings. The first kappa shape index (κ1) is 8.24. The van der Waals surface area contributed by atoms with Crippen LogP contribution in [-0.4, -0.2) is 35.2 Å². The lowest BCUT2D eigenvalue weighted by atomic mass is 10.3. The molecule has 8 heteroatoms. The highest BCUT2D eigenvalue weighted by molar-refractivity contribution is 7.71. The molecule has 7 nitrogen and oxygen atoms in total. The summed E-state index contributed by atoms with van der Waals surface area (Å²) in [5, 5.41) is 20.4. The lowest BCUT2D eigenvalue weighted by molar-refractivity contribution is 0.881. The number of aromatic amines is 2. The maximum absolute atomic E-state index is 5.06. The van der Waals surface area contributed by atoms with Crippen molar-refractivity contribution in [1.29, 1.82) is 0 Å². The second-order valence-electron chi connectivity index (χ2n) is 2.91. The zero-order valence-corrected chi connectivity index (χ0v) is 8.19. The number of tetrazole rings is 1. The third-order valence-corrected chi connectivity index (χ3v) is 2.30. The van der Waals surface area contributed by atoms with E-state index >= 15 is 0 Å². The Labute approximate surface area is 88.1 Å². The molecule has 0 saturated heterocycles. The van der Waals surface area contributed by atoms with Gasteiger partial charge in [-0.3, -0.25) is 9.50 Å². The average molecular weight is 219 g/mol. The van der Waals surface area contributed by atoms with Gasteiger partial charge in [-0.2, -0.15) is 10.3 Å². The number of fused-ring (bicyclic) bond motifs is 1. The first-order valence-corrected chi connectivity index (χ1v) is 4.56. The summed E-state index contributed by atoms with van der Waals surface area (Å²) in [7, 11) is 0. The Hall–Kier alpha value is -2.09. The number of nitrogens with zero attached hydrogens (tertiary/aromatic N) is 5. The number of H-pyrrole nitrogens is 2. The highest BCUT2D eigenvalue weighted by atomic mass is 32.1. The van der Waals surface area contributed by atoms with Gasteiger partial charge in [-0.05, 0) is 29.6 Å².